The molecule has 0 saturated heterocycles. The van der Waals surface area contributed by atoms with E-state index in [4.69, 9.17) is 4.74 Å². The molecule has 224 valence electrons. The molecule has 1 heterocycles. The van der Waals surface area contributed by atoms with Crippen molar-refractivity contribution in [3.8, 4) is 0 Å². The number of nitrogens with one attached hydrogen (secondary N) is 3. The molecule has 11 nitrogen and oxygen atoms in total. The summed E-state index contributed by atoms with van der Waals surface area (Å²) in [4.78, 5) is 30.2. The van der Waals surface area contributed by atoms with Crippen LogP contribution in [0.25, 0.3) is 0 Å². The first kappa shape index (κ1) is 32.6. The number of carbonyl (C=O) groups is 2. The molecule has 4 atom stereocenters. The fourth-order valence-corrected chi connectivity index (χ4v) is 6.57. The highest BCUT2D eigenvalue weighted by Gasteiger charge is 2.31. The first-order chi connectivity index (χ1) is 19.3. The molecular formula is C27H35N4O7S3-. The summed E-state index contributed by atoms with van der Waals surface area (Å²) >= 11 is -1.21. The number of hydrogen-bond acceptors (Lipinski definition) is 9. The molecular weight excluding hydrogens is 589 g/mol. The Labute approximate surface area is 247 Å². The van der Waals surface area contributed by atoms with Crippen molar-refractivity contribution in [3.63, 3.8) is 0 Å². The summed E-state index contributed by atoms with van der Waals surface area (Å²) in [6.45, 7) is 4.90. The van der Waals surface area contributed by atoms with Gasteiger partial charge in [-0.05, 0) is 44.7 Å². The lowest BCUT2D eigenvalue weighted by Crippen LogP contribution is -2.49. The summed E-state index contributed by atoms with van der Waals surface area (Å²) in [6.07, 6.45) is 5.56. The van der Waals surface area contributed by atoms with Crippen LogP contribution in [0.4, 0.5) is 4.79 Å². The molecule has 0 aliphatic heterocycles. The van der Waals surface area contributed by atoms with Gasteiger partial charge in [0.15, 0.2) is 9.84 Å². The van der Waals surface area contributed by atoms with Gasteiger partial charge in [0.05, 0.1) is 23.6 Å². The van der Waals surface area contributed by atoms with Gasteiger partial charge in [0.2, 0.25) is 5.91 Å². The molecule has 41 heavy (non-hydrogen) atoms. The van der Waals surface area contributed by atoms with Crippen LogP contribution in [-0.4, -0.2) is 58.1 Å². The van der Waals surface area contributed by atoms with Crippen molar-refractivity contribution in [1.29, 1.82) is 0 Å². The van der Waals surface area contributed by atoms with Gasteiger partial charge < -0.3 is 19.9 Å². The third kappa shape index (κ3) is 9.85. The minimum absolute atomic E-state index is 0.211. The van der Waals surface area contributed by atoms with E-state index >= 15 is 0 Å². The lowest BCUT2D eigenvalue weighted by molar-refractivity contribution is -0.123. The summed E-state index contributed by atoms with van der Waals surface area (Å²) in [5.41, 5.74) is 2.15. The maximum Gasteiger partial charge on any atom is 0.407 e. The number of nitrogens with zero attached hydrogens (tertiary/aromatic N) is 1. The predicted molar refractivity (Wildman–Crippen MR) is 157 cm³/mol. The summed E-state index contributed by atoms with van der Waals surface area (Å²) in [7, 11) is -2.26. The number of benzene rings is 1. The summed E-state index contributed by atoms with van der Waals surface area (Å²) in [6, 6.07) is 7.22. The number of ether oxygens (including phenoxy) is 1. The SMILES string of the molecule is COC(=O)N[C@@H](Cc1ccccc1)C(=O)N[C@@H](CC1=CCC(NS(=O)[O-])C=C1)c1csc(CS(=O)(=O)C(C)(C)C)n1. The van der Waals surface area contributed by atoms with E-state index in [1.807, 2.05) is 36.4 Å². The molecule has 3 N–H and O–H groups in total. The Balaban J connectivity index is 1.86. The normalized spacial score (nSPS) is 17.7. The Morgan fingerprint density at radius 2 is 1.90 bits per heavy atom. The van der Waals surface area contributed by atoms with Crippen molar-refractivity contribution in [2.24, 2.45) is 0 Å². The number of sulfone groups is 1. The van der Waals surface area contributed by atoms with Crippen LogP contribution in [0, 0.1) is 0 Å². The Morgan fingerprint density at radius 1 is 1.20 bits per heavy atom. The molecule has 1 aromatic carbocycles. The van der Waals surface area contributed by atoms with Crippen molar-refractivity contribution in [2.75, 3.05) is 7.11 Å². The zero-order valence-corrected chi connectivity index (χ0v) is 25.7. The van der Waals surface area contributed by atoms with Crippen molar-refractivity contribution >= 4 is 44.4 Å². The predicted octanol–water partition coefficient (Wildman–Crippen LogP) is 3.01. The standard InChI is InChI=1S/C27H36N4O7S3/c1-27(2,3)41(36,37)17-24-28-23(16-39-24)21(14-19-10-12-20(13-11-19)31-40(34)35)29-25(32)22(30-26(33)38-4)15-18-8-6-5-7-9-18/h5-12,16,20-22,31H,13-15,17H2,1-4H3,(H,29,32)(H,30,33)(H,34,35)/p-1/t20?,21-,22-/m0/s1. The second-order valence-corrected chi connectivity index (χ2v) is 14.9. The second kappa shape index (κ2) is 14.3. The van der Waals surface area contributed by atoms with Gasteiger partial charge in [-0.25, -0.2) is 22.9 Å². The van der Waals surface area contributed by atoms with Gasteiger partial charge in [0.25, 0.3) is 0 Å². The van der Waals surface area contributed by atoms with Crippen LogP contribution in [-0.2, 0) is 42.8 Å². The van der Waals surface area contributed by atoms with Crippen LogP contribution in [0.1, 0.15) is 55.9 Å². The number of aromatic nitrogens is 1. The number of alkyl carbamates (subject to hydrolysis) is 1. The maximum atomic E-state index is 13.5. The highest BCUT2D eigenvalue weighted by Crippen LogP contribution is 2.28. The molecule has 2 aromatic rings. The quantitative estimate of drug-likeness (QED) is 0.304. The smallest absolute Gasteiger partial charge is 0.407 e. The molecule has 3 rings (SSSR count). The number of thiazole rings is 1. The number of rotatable bonds is 12. The molecule has 1 aromatic heterocycles. The topological polar surface area (TPSA) is 167 Å². The van der Waals surface area contributed by atoms with Crippen LogP contribution in [0.3, 0.4) is 0 Å². The molecule has 0 radical (unpaired) electrons. The van der Waals surface area contributed by atoms with Crippen LogP contribution >= 0.6 is 11.3 Å². The van der Waals surface area contributed by atoms with Crippen LogP contribution in [0.15, 0.2) is 59.5 Å². The highest BCUT2D eigenvalue weighted by molar-refractivity contribution is 7.92. The van der Waals surface area contributed by atoms with Crippen LogP contribution in [0.2, 0.25) is 0 Å². The third-order valence-corrected chi connectivity index (χ3v) is 10.5. The van der Waals surface area contributed by atoms with E-state index in [2.05, 4.69) is 20.3 Å². The van der Waals surface area contributed by atoms with Crippen molar-refractivity contribution in [2.45, 2.75) is 68.7 Å². The zero-order chi connectivity index (χ0) is 30.2. The third-order valence-electron chi connectivity index (χ3n) is 6.43. The van der Waals surface area contributed by atoms with E-state index in [1.165, 1.54) is 18.4 Å². The van der Waals surface area contributed by atoms with Gasteiger partial charge in [-0.3, -0.25) is 9.00 Å². The number of methoxy groups -OCH3 is 1. The first-order valence-electron chi connectivity index (χ1n) is 12.9. The van der Waals surface area contributed by atoms with E-state index in [1.54, 1.807) is 38.3 Å². The van der Waals surface area contributed by atoms with Crippen molar-refractivity contribution < 1.29 is 31.5 Å². The van der Waals surface area contributed by atoms with Gasteiger partial charge in [0.1, 0.15) is 16.8 Å². The molecule has 0 saturated carbocycles. The molecule has 2 amide bonds. The Hall–Kier alpha value is -2.91. The monoisotopic (exact) mass is 623 g/mol. The molecule has 0 bridgehead atoms. The minimum Gasteiger partial charge on any atom is -0.760 e. The Morgan fingerprint density at radius 3 is 2.49 bits per heavy atom. The van der Waals surface area contributed by atoms with Gasteiger partial charge in [-0.2, -0.15) is 0 Å². The molecule has 0 fully saturated rings. The summed E-state index contributed by atoms with van der Waals surface area (Å²) < 4.78 is 53.7. The van der Waals surface area contributed by atoms with E-state index in [9.17, 15) is 26.8 Å². The highest BCUT2D eigenvalue weighted by atomic mass is 32.2. The molecule has 14 heteroatoms. The first-order valence-corrected chi connectivity index (χ1v) is 16.5. The van der Waals surface area contributed by atoms with E-state index < -0.39 is 49.9 Å². The number of carbonyl (C=O) groups excluding carboxylic acids is 2. The molecule has 0 spiro atoms. The molecule has 2 unspecified atom stereocenters. The maximum absolute atomic E-state index is 13.5. The average molecular weight is 624 g/mol. The van der Waals surface area contributed by atoms with Gasteiger partial charge in [-0.15, -0.1) is 11.3 Å². The number of amides is 2. The van der Waals surface area contributed by atoms with Gasteiger partial charge in [-0.1, -0.05) is 48.6 Å². The molecule has 1 aliphatic rings. The lowest BCUT2D eigenvalue weighted by atomic mass is 9.96. The summed E-state index contributed by atoms with van der Waals surface area (Å²) in [5.74, 6) is -0.701. The van der Waals surface area contributed by atoms with Crippen molar-refractivity contribution in [1.82, 2.24) is 20.3 Å². The van der Waals surface area contributed by atoms with E-state index in [0.717, 1.165) is 11.1 Å². The van der Waals surface area contributed by atoms with E-state index in [-0.39, 0.29) is 18.2 Å². The van der Waals surface area contributed by atoms with E-state index in [0.29, 0.717) is 23.5 Å². The number of hydrogen-bond donors (Lipinski definition) is 3. The fraction of sp³-hybridized carbons (Fsp3) is 0.444. The molecule has 1 aliphatic carbocycles. The Kier molecular flexibility index (Phi) is 11.4. The number of allylic oxidation sites excluding steroid dienone is 1. The summed E-state index contributed by atoms with van der Waals surface area (Å²) in [5, 5.41) is 7.68. The minimum atomic E-state index is -3.47. The van der Waals surface area contributed by atoms with Gasteiger partial charge in [0, 0.05) is 29.1 Å². The van der Waals surface area contributed by atoms with Crippen molar-refractivity contribution in [3.05, 3.63) is 75.8 Å². The zero-order valence-electron chi connectivity index (χ0n) is 23.3. The fourth-order valence-electron chi connectivity index (χ4n) is 3.96. The van der Waals surface area contributed by atoms with Crippen LogP contribution < -0.4 is 15.4 Å². The largest absolute Gasteiger partial charge is 0.760 e. The second-order valence-electron chi connectivity index (χ2n) is 10.5. The average Bonchev–Trinajstić information content (AvgIpc) is 3.36. The lowest BCUT2D eigenvalue weighted by Gasteiger charge is -2.24. The Bertz CT molecular complexity index is 1400. The van der Waals surface area contributed by atoms with Crippen LogP contribution in [0.5, 0.6) is 0 Å². The van der Waals surface area contributed by atoms with Gasteiger partial charge >= 0.3 is 6.09 Å².